The Labute approximate surface area is 116 Å². The number of aryl methyl sites for hydroxylation is 1. The summed E-state index contributed by atoms with van der Waals surface area (Å²) in [5.74, 6) is -0.259. The fourth-order valence-corrected chi connectivity index (χ4v) is 1.66. The van der Waals surface area contributed by atoms with Crippen LogP contribution in [0.25, 0.3) is 0 Å². The maximum atomic E-state index is 13.4. The summed E-state index contributed by atoms with van der Waals surface area (Å²) >= 11 is 0. The Morgan fingerprint density at radius 1 is 1.25 bits per heavy atom. The van der Waals surface area contributed by atoms with Crippen LogP contribution in [0.2, 0.25) is 0 Å². The summed E-state index contributed by atoms with van der Waals surface area (Å²) in [6.07, 6.45) is 1.47. The summed E-state index contributed by atoms with van der Waals surface area (Å²) in [6.45, 7) is 2.74. The average Bonchev–Trinajstić information content (AvgIpc) is 2.44. The van der Waals surface area contributed by atoms with Crippen LogP contribution in [0.15, 0.2) is 36.7 Å². The van der Waals surface area contributed by atoms with E-state index in [-0.39, 0.29) is 5.56 Å². The van der Waals surface area contributed by atoms with E-state index in [2.05, 4.69) is 20.6 Å². The van der Waals surface area contributed by atoms with E-state index in [1.807, 2.05) is 6.92 Å². The van der Waals surface area contributed by atoms with E-state index in [4.69, 9.17) is 0 Å². The third kappa shape index (κ3) is 3.74. The zero-order chi connectivity index (χ0) is 14.4. The molecule has 0 atom stereocenters. The molecule has 1 amide bonds. The summed E-state index contributed by atoms with van der Waals surface area (Å²) in [5, 5.41) is 5.69. The predicted octanol–water partition coefficient (Wildman–Crippen LogP) is 1.77. The Morgan fingerprint density at radius 2 is 2.05 bits per heavy atom. The molecule has 0 saturated heterocycles. The highest BCUT2D eigenvalue weighted by Crippen LogP contribution is 2.05. The van der Waals surface area contributed by atoms with Gasteiger partial charge in [-0.05, 0) is 19.1 Å². The van der Waals surface area contributed by atoms with Crippen molar-refractivity contribution in [2.45, 2.75) is 6.92 Å². The summed E-state index contributed by atoms with van der Waals surface area (Å²) in [6, 6.07) is 7.69. The lowest BCUT2D eigenvalue weighted by atomic mass is 10.2. The number of hydrogen-bond donors (Lipinski definition) is 2. The van der Waals surface area contributed by atoms with E-state index in [1.54, 1.807) is 18.2 Å². The molecule has 5 nitrogen and oxygen atoms in total. The Kier molecular flexibility index (Phi) is 4.60. The number of anilines is 1. The molecule has 2 N–H and O–H groups in total. The standard InChI is InChI=1S/C14H15FN4O/c1-10-8-13(19-9-18-10)16-6-7-17-14(20)11-4-2-3-5-12(11)15/h2-5,8-9H,6-7H2,1H3,(H,17,20)(H,16,18,19). The molecule has 6 heteroatoms. The zero-order valence-corrected chi connectivity index (χ0v) is 11.1. The van der Waals surface area contributed by atoms with Crippen LogP contribution in [-0.4, -0.2) is 29.0 Å². The van der Waals surface area contributed by atoms with Gasteiger partial charge >= 0.3 is 0 Å². The number of amides is 1. The molecule has 0 bridgehead atoms. The summed E-state index contributed by atoms with van der Waals surface area (Å²) < 4.78 is 13.4. The fourth-order valence-electron chi connectivity index (χ4n) is 1.66. The second kappa shape index (κ2) is 6.60. The monoisotopic (exact) mass is 274 g/mol. The van der Waals surface area contributed by atoms with Crippen LogP contribution < -0.4 is 10.6 Å². The Morgan fingerprint density at radius 3 is 2.80 bits per heavy atom. The van der Waals surface area contributed by atoms with E-state index in [0.29, 0.717) is 18.9 Å². The number of rotatable bonds is 5. The van der Waals surface area contributed by atoms with Gasteiger partial charge in [-0.3, -0.25) is 4.79 Å². The van der Waals surface area contributed by atoms with E-state index in [1.165, 1.54) is 18.5 Å². The van der Waals surface area contributed by atoms with E-state index >= 15 is 0 Å². The van der Waals surface area contributed by atoms with Gasteiger partial charge in [-0.2, -0.15) is 0 Å². The minimum atomic E-state index is -0.524. The molecule has 2 rings (SSSR count). The number of aromatic nitrogens is 2. The largest absolute Gasteiger partial charge is 0.368 e. The van der Waals surface area contributed by atoms with Crippen LogP contribution in [0.5, 0.6) is 0 Å². The highest BCUT2D eigenvalue weighted by Gasteiger charge is 2.09. The number of hydrogen-bond acceptors (Lipinski definition) is 4. The molecule has 0 aliphatic carbocycles. The lowest BCUT2D eigenvalue weighted by Gasteiger charge is -2.08. The van der Waals surface area contributed by atoms with Crippen LogP contribution >= 0.6 is 0 Å². The first-order valence-corrected chi connectivity index (χ1v) is 6.22. The number of halogens is 1. The number of nitrogens with zero attached hydrogens (tertiary/aromatic N) is 2. The van der Waals surface area contributed by atoms with Crippen molar-refractivity contribution in [1.29, 1.82) is 0 Å². The van der Waals surface area contributed by atoms with Crippen molar-refractivity contribution in [2.75, 3.05) is 18.4 Å². The van der Waals surface area contributed by atoms with Crippen molar-refractivity contribution in [2.24, 2.45) is 0 Å². The number of carbonyl (C=O) groups excluding carboxylic acids is 1. The van der Waals surface area contributed by atoms with Crippen molar-refractivity contribution in [3.05, 3.63) is 53.7 Å². The van der Waals surface area contributed by atoms with Gasteiger partial charge in [0.05, 0.1) is 5.56 Å². The maximum absolute atomic E-state index is 13.4. The van der Waals surface area contributed by atoms with Crippen LogP contribution in [0.4, 0.5) is 10.2 Å². The quantitative estimate of drug-likeness (QED) is 0.815. The van der Waals surface area contributed by atoms with Crippen molar-refractivity contribution >= 4 is 11.7 Å². The molecule has 0 unspecified atom stereocenters. The number of nitrogens with one attached hydrogen (secondary N) is 2. The van der Waals surface area contributed by atoms with Crippen molar-refractivity contribution in [1.82, 2.24) is 15.3 Å². The summed E-state index contributed by atoms with van der Waals surface area (Å²) in [7, 11) is 0. The van der Waals surface area contributed by atoms with E-state index < -0.39 is 11.7 Å². The summed E-state index contributed by atoms with van der Waals surface area (Å²) in [4.78, 5) is 19.7. The van der Waals surface area contributed by atoms with Gasteiger partial charge in [0, 0.05) is 24.8 Å². The molecular weight excluding hydrogens is 259 g/mol. The van der Waals surface area contributed by atoms with Crippen LogP contribution in [0, 0.1) is 12.7 Å². The fraction of sp³-hybridized carbons (Fsp3) is 0.214. The second-order valence-electron chi connectivity index (χ2n) is 4.21. The molecule has 0 saturated carbocycles. The van der Waals surface area contributed by atoms with Crippen molar-refractivity contribution in [3.8, 4) is 0 Å². The lowest BCUT2D eigenvalue weighted by molar-refractivity contribution is 0.0951. The average molecular weight is 274 g/mol. The van der Waals surface area contributed by atoms with Crippen LogP contribution in [0.1, 0.15) is 16.1 Å². The van der Waals surface area contributed by atoms with Crippen molar-refractivity contribution in [3.63, 3.8) is 0 Å². The highest BCUT2D eigenvalue weighted by atomic mass is 19.1. The first-order valence-electron chi connectivity index (χ1n) is 6.22. The van der Waals surface area contributed by atoms with Gasteiger partial charge in [0.15, 0.2) is 0 Å². The molecule has 104 valence electrons. The smallest absolute Gasteiger partial charge is 0.254 e. The van der Waals surface area contributed by atoms with E-state index in [9.17, 15) is 9.18 Å². The Balaban J connectivity index is 1.79. The molecule has 1 heterocycles. The molecule has 0 spiro atoms. The maximum Gasteiger partial charge on any atom is 0.254 e. The number of carbonyl (C=O) groups is 1. The molecule has 1 aromatic carbocycles. The Bertz CT molecular complexity index is 603. The molecule has 0 radical (unpaired) electrons. The molecule has 20 heavy (non-hydrogen) atoms. The van der Waals surface area contributed by atoms with Gasteiger partial charge in [0.2, 0.25) is 0 Å². The third-order valence-corrected chi connectivity index (χ3v) is 2.64. The molecule has 0 fully saturated rings. The molecule has 0 aliphatic rings. The Hall–Kier alpha value is -2.50. The van der Waals surface area contributed by atoms with Gasteiger partial charge in [-0.1, -0.05) is 12.1 Å². The van der Waals surface area contributed by atoms with Gasteiger partial charge < -0.3 is 10.6 Å². The van der Waals surface area contributed by atoms with Crippen LogP contribution in [0.3, 0.4) is 0 Å². The molecule has 0 aliphatic heterocycles. The first-order chi connectivity index (χ1) is 9.66. The zero-order valence-electron chi connectivity index (χ0n) is 11.1. The van der Waals surface area contributed by atoms with E-state index in [0.717, 1.165) is 5.69 Å². The minimum absolute atomic E-state index is 0.0466. The lowest BCUT2D eigenvalue weighted by Crippen LogP contribution is -2.29. The molecule has 1 aromatic heterocycles. The molecule has 2 aromatic rings. The van der Waals surface area contributed by atoms with Crippen LogP contribution in [-0.2, 0) is 0 Å². The topological polar surface area (TPSA) is 66.9 Å². The predicted molar refractivity (Wildman–Crippen MR) is 74.0 cm³/mol. The minimum Gasteiger partial charge on any atom is -0.368 e. The first kappa shape index (κ1) is 13.9. The third-order valence-electron chi connectivity index (χ3n) is 2.64. The highest BCUT2D eigenvalue weighted by molar-refractivity contribution is 5.94. The van der Waals surface area contributed by atoms with Crippen molar-refractivity contribution < 1.29 is 9.18 Å². The number of benzene rings is 1. The molecular formula is C14H15FN4O. The van der Waals surface area contributed by atoms with Gasteiger partial charge in [0.1, 0.15) is 18.0 Å². The van der Waals surface area contributed by atoms with Gasteiger partial charge in [-0.25, -0.2) is 14.4 Å². The summed E-state index contributed by atoms with van der Waals surface area (Å²) in [5.41, 5.74) is 0.906. The second-order valence-corrected chi connectivity index (χ2v) is 4.21. The van der Waals surface area contributed by atoms with Gasteiger partial charge in [-0.15, -0.1) is 0 Å². The SMILES string of the molecule is Cc1cc(NCCNC(=O)c2ccccc2F)ncn1. The van der Waals surface area contributed by atoms with Gasteiger partial charge in [0.25, 0.3) is 5.91 Å². The normalized spacial score (nSPS) is 10.1.